The van der Waals surface area contributed by atoms with E-state index in [1.165, 1.54) is 24.1 Å². The van der Waals surface area contributed by atoms with Gasteiger partial charge in [0.25, 0.3) is 0 Å². The van der Waals surface area contributed by atoms with E-state index in [-0.39, 0.29) is 28.9 Å². The van der Waals surface area contributed by atoms with Crippen molar-refractivity contribution in [2.45, 2.75) is 39.5 Å². The number of aromatic nitrogens is 3. The third-order valence-corrected chi connectivity index (χ3v) is 4.22. The molecule has 0 aromatic carbocycles. The summed E-state index contributed by atoms with van der Waals surface area (Å²) in [6, 6.07) is -0.471. The molecule has 28 heavy (non-hydrogen) atoms. The summed E-state index contributed by atoms with van der Waals surface area (Å²) in [6.07, 6.45) is -3.11. The molecule has 0 amide bonds. The van der Waals surface area contributed by atoms with Crippen LogP contribution in [0.2, 0.25) is 5.02 Å². The molecular weight excluding hydrogens is 401 g/mol. The van der Waals surface area contributed by atoms with Gasteiger partial charge >= 0.3 is 12.1 Å². The molecule has 0 spiro atoms. The fraction of sp³-hybridized carbons (Fsp3) is 0.471. The Bertz CT molecular complexity index is 855. The number of rotatable bonds is 7. The number of nitrogens with zero attached hydrogens (tertiary/aromatic N) is 3. The number of pyridine rings is 1. The number of carbonyl (C=O) groups excluding carboxylic acids is 1. The van der Waals surface area contributed by atoms with Crippen LogP contribution < -0.4 is 10.1 Å². The number of anilines is 1. The van der Waals surface area contributed by atoms with Crippen molar-refractivity contribution in [2.24, 2.45) is 0 Å². The van der Waals surface area contributed by atoms with E-state index in [9.17, 15) is 18.0 Å². The molecule has 1 unspecified atom stereocenters. The summed E-state index contributed by atoms with van der Waals surface area (Å²) in [5.41, 5.74) is 0.671. The molecule has 154 valence electrons. The lowest BCUT2D eigenvalue weighted by molar-refractivity contribution is -0.138. The predicted molar refractivity (Wildman–Crippen MR) is 97.8 cm³/mol. The van der Waals surface area contributed by atoms with E-state index in [4.69, 9.17) is 21.1 Å². The summed E-state index contributed by atoms with van der Waals surface area (Å²) < 4.78 is 50.0. The first-order chi connectivity index (χ1) is 13.1. The summed E-state index contributed by atoms with van der Waals surface area (Å²) in [7, 11) is 1.36. The van der Waals surface area contributed by atoms with Gasteiger partial charge in [0, 0.05) is 18.8 Å². The van der Waals surface area contributed by atoms with Gasteiger partial charge in [0.15, 0.2) is 5.69 Å². The minimum Gasteiger partial charge on any atom is -0.496 e. The van der Waals surface area contributed by atoms with Gasteiger partial charge in [-0.15, -0.1) is 0 Å². The lowest BCUT2D eigenvalue weighted by atomic mass is 10.1. The lowest BCUT2D eigenvalue weighted by Gasteiger charge is -2.19. The summed E-state index contributed by atoms with van der Waals surface area (Å²) in [6.45, 7) is 4.97. The van der Waals surface area contributed by atoms with Gasteiger partial charge in [-0.3, -0.25) is 4.68 Å². The fourth-order valence-corrected chi connectivity index (χ4v) is 2.74. The summed E-state index contributed by atoms with van der Waals surface area (Å²) in [4.78, 5) is 16.1. The number of methoxy groups -OCH3 is 1. The molecule has 0 saturated heterocycles. The molecule has 0 aliphatic heterocycles. The zero-order chi connectivity index (χ0) is 21.1. The number of hydrogen-bond acceptors (Lipinski definition) is 6. The van der Waals surface area contributed by atoms with Crippen LogP contribution in [0.15, 0.2) is 12.3 Å². The molecule has 0 aliphatic carbocycles. The zero-order valence-electron chi connectivity index (χ0n) is 15.7. The van der Waals surface area contributed by atoms with Crippen LogP contribution in [0.5, 0.6) is 5.75 Å². The van der Waals surface area contributed by atoms with E-state index < -0.39 is 18.2 Å². The van der Waals surface area contributed by atoms with E-state index in [1.54, 1.807) is 13.8 Å². The van der Waals surface area contributed by atoms with Crippen LogP contribution >= 0.6 is 11.6 Å². The van der Waals surface area contributed by atoms with Crippen molar-refractivity contribution in [2.75, 3.05) is 19.0 Å². The van der Waals surface area contributed by atoms with Gasteiger partial charge in [-0.05, 0) is 20.8 Å². The van der Waals surface area contributed by atoms with Crippen molar-refractivity contribution in [3.8, 4) is 17.0 Å². The van der Waals surface area contributed by atoms with Crippen LogP contribution in [0, 0.1) is 0 Å². The number of nitrogens with one attached hydrogen (secondary N) is 1. The Balaban J connectivity index is 2.49. The lowest BCUT2D eigenvalue weighted by Crippen LogP contribution is -2.33. The normalized spacial score (nSPS) is 12.6. The second-order valence-electron chi connectivity index (χ2n) is 5.72. The number of ether oxygens (including phenoxy) is 2. The standard InChI is InChI=1S/C17H20ClF3N4O3/c1-5-25-15(13(18)14(24-25)16(26)28-6-2)10-8-22-12(7-11(10)27-4)23-9(3)17(19,20)21/h7-9H,5-6H2,1-4H3,(H,22,23). The molecular formula is C17H20ClF3N4O3. The van der Waals surface area contributed by atoms with E-state index in [0.717, 1.165) is 6.92 Å². The molecule has 2 heterocycles. The smallest absolute Gasteiger partial charge is 0.408 e. The van der Waals surface area contributed by atoms with Crippen LogP contribution in [0.4, 0.5) is 19.0 Å². The van der Waals surface area contributed by atoms with E-state index >= 15 is 0 Å². The molecule has 0 fully saturated rings. The van der Waals surface area contributed by atoms with Gasteiger partial charge in [0.1, 0.15) is 22.6 Å². The highest BCUT2D eigenvalue weighted by molar-refractivity contribution is 6.36. The molecule has 11 heteroatoms. The molecule has 1 atom stereocenters. The van der Waals surface area contributed by atoms with Gasteiger partial charge in [0.05, 0.1) is 25.0 Å². The highest BCUT2D eigenvalue weighted by Gasteiger charge is 2.36. The fourth-order valence-electron chi connectivity index (χ4n) is 2.42. The largest absolute Gasteiger partial charge is 0.496 e. The predicted octanol–water partition coefficient (Wildman–Crippen LogP) is 4.17. The van der Waals surface area contributed by atoms with Crippen molar-refractivity contribution in [1.82, 2.24) is 14.8 Å². The summed E-state index contributed by atoms with van der Waals surface area (Å²) in [5.74, 6) is -0.473. The second kappa shape index (κ2) is 8.68. The number of esters is 1. The highest BCUT2D eigenvalue weighted by atomic mass is 35.5. The first-order valence-corrected chi connectivity index (χ1v) is 8.82. The average molecular weight is 421 g/mol. The maximum Gasteiger partial charge on any atom is 0.408 e. The summed E-state index contributed by atoms with van der Waals surface area (Å²) in [5, 5.41) is 6.48. The van der Waals surface area contributed by atoms with Crippen molar-refractivity contribution in [3.05, 3.63) is 23.0 Å². The Kier molecular flexibility index (Phi) is 6.76. The molecule has 0 aliphatic rings. The average Bonchev–Trinajstić information content (AvgIpc) is 2.97. The minimum absolute atomic E-state index is 0.0188. The number of aryl methyl sites for hydroxylation is 1. The number of carbonyl (C=O) groups is 1. The van der Waals surface area contributed by atoms with Crippen molar-refractivity contribution < 1.29 is 27.4 Å². The van der Waals surface area contributed by atoms with Gasteiger partial charge in [0.2, 0.25) is 0 Å². The quantitative estimate of drug-likeness (QED) is 0.677. The molecule has 2 rings (SSSR count). The number of alkyl halides is 3. The van der Waals surface area contributed by atoms with Crippen LogP contribution in [-0.2, 0) is 11.3 Å². The number of hydrogen-bond donors (Lipinski definition) is 1. The van der Waals surface area contributed by atoms with Gasteiger partial charge in [-0.25, -0.2) is 9.78 Å². The minimum atomic E-state index is -4.42. The SMILES string of the molecule is CCOC(=O)c1nn(CC)c(-c2cnc(NC(C)C(F)(F)F)cc2OC)c1Cl. The maximum absolute atomic E-state index is 12.8. The van der Waals surface area contributed by atoms with Gasteiger partial charge < -0.3 is 14.8 Å². The van der Waals surface area contributed by atoms with Crippen molar-refractivity contribution >= 4 is 23.4 Å². The topological polar surface area (TPSA) is 78.3 Å². The molecule has 1 N–H and O–H groups in total. The van der Waals surface area contributed by atoms with Crippen LogP contribution in [0.3, 0.4) is 0 Å². The molecule has 2 aromatic rings. The first-order valence-electron chi connectivity index (χ1n) is 8.45. The Labute approximate surface area is 164 Å². The van der Waals surface area contributed by atoms with E-state index in [2.05, 4.69) is 15.4 Å². The van der Waals surface area contributed by atoms with Crippen LogP contribution in [0.25, 0.3) is 11.3 Å². The monoisotopic (exact) mass is 420 g/mol. The second-order valence-corrected chi connectivity index (χ2v) is 6.10. The van der Waals surface area contributed by atoms with Crippen LogP contribution in [-0.4, -0.2) is 46.7 Å². The first kappa shape index (κ1) is 21.8. The van der Waals surface area contributed by atoms with E-state index in [0.29, 0.717) is 17.8 Å². The maximum atomic E-state index is 12.8. The van der Waals surface area contributed by atoms with Crippen molar-refractivity contribution in [1.29, 1.82) is 0 Å². The molecule has 7 nitrogen and oxygen atoms in total. The third-order valence-electron chi connectivity index (χ3n) is 3.86. The molecule has 0 saturated carbocycles. The van der Waals surface area contributed by atoms with Gasteiger partial charge in [-0.2, -0.15) is 18.3 Å². The number of halogens is 4. The highest BCUT2D eigenvalue weighted by Crippen LogP contribution is 2.38. The molecule has 2 aromatic heterocycles. The Hall–Kier alpha value is -2.49. The Morgan fingerprint density at radius 1 is 1.39 bits per heavy atom. The Morgan fingerprint density at radius 2 is 2.07 bits per heavy atom. The summed E-state index contributed by atoms with van der Waals surface area (Å²) >= 11 is 6.35. The van der Waals surface area contributed by atoms with Crippen molar-refractivity contribution in [3.63, 3.8) is 0 Å². The van der Waals surface area contributed by atoms with E-state index in [1.807, 2.05) is 0 Å². The molecule has 0 bridgehead atoms. The third kappa shape index (κ3) is 4.49. The Morgan fingerprint density at radius 3 is 2.61 bits per heavy atom. The zero-order valence-corrected chi connectivity index (χ0v) is 16.5. The van der Waals surface area contributed by atoms with Gasteiger partial charge in [-0.1, -0.05) is 11.6 Å². The molecule has 0 radical (unpaired) electrons. The van der Waals surface area contributed by atoms with Crippen LogP contribution in [0.1, 0.15) is 31.3 Å².